The van der Waals surface area contributed by atoms with Crippen molar-refractivity contribution in [3.8, 4) is 11.8 Å². The number of unbranched alkanes of at least 4 members (excludes halogenated alkanes) is 2. The topological polar surface area (TPSA) is 0 Å². The molecule has 0 aromatic heterocycles. The maximum absolute atomic E-state index is 3.22. The second-order valence-corrected chi connectivity index (χ2v) is 3.17. The summed E-state index contributed by atoms with van der Waals surface area (Å²) in [6.45, 7) is 6.68. The van der Waals surface area contributed by atoms with Crippen LogP contribution in [0, 0.1) is 17.8 Å². The lowest BCUT2D eigenvalue weighted by atomic mass is 10.1. The molecule has 0 spiro atoms. The van der Waals surface area contributed by atoms with E-state index in [-0.39, 0.29) is 0 Å². The van der Waals surface area contributed by atoms with Crippen LogP contribution < -0.4 is 0 Å². The molecule has 0 aromatic rings. The van der Waals surface area contributed by atoms with Gasteiger partial charge < -0.3 is 0 Å². The monoisotopic (exact) mass is 152 g/mol. The summed E-state index contributed by atoms with van der Waals surface area (Å²) < 4.78 is 0. The molecular weight excluding hydrogens is 132 g/mol. The van der Waals surface area contributed by atoms with E-state index in [0.29, 0.717) is 0 Å². The van der Waals surface area contributed by atoms with Crippen molar-refractivity contribution in [1.82, 2.24) is 0 Å². The van der Waals surface area contributed by atoms with Gasteiger partial charge in [-0.2, -0.15) is 0 Å². The molecule has 0 saturated heterocycles. The van der Waals surface area contributed by atoms with E-state index in [0.717, 1.165) is 18.8 Å². The van der Waals surface area contributed by atoms with E-state index in [1.165, 1.54) is 19.3 Å². The third-order valence-corrected chi connectivity index (χ3v) is 1.93. The van der Waals surface area contributed by atoms with Gasteiger partial charge in [0.1, 0.15) is 0 Å². The third-order valence-electron chi connectivity index (χ3n) is 1.93. The number of rotatable bonds is 4. The van der Waals surface area contributed by atoms with Gasteiger partial charge in [-0.1, -0.05) is 33.6 Å². The Labute approximate surface area is 71.4 Å². The van der Waals surface area contributed by atoms with Gasteiger partial charge in [0, 0.05) is 12.8 Å². The molecule has 0 radical (unpaired) electrons. The van der Waals surface area contributed by atoms with Gasteiger partial charge in [-0.3, -0.25) is 0 Å². The van der Waals surface area contributed by atoms with Gasteiger partial charge >= 0.3 is 0 Å². The molecule has 64 valence electrons. The second kappa shape index (κ2) is 7.66. The summed E-state index contributed by atoms with van der Waals surface area (Å²) >= 11 is 0. The van der Waals surface area contributed by atoms with E-state index in [2.05, 4.69) is 32.6 Å². The molecule has 0 aliphatic carbocycles. The molecule has 0 N–H and O–H groups in total. The quantitative estimate of drug-likeness (QED) is 0.426. The smallest absolute Gasteiger partial charge is 0.0114 e. The summed E-state index contributed by atoms with van der Waals surface area (Å²) in [5.41, 5.74) is 0. The van der Waals surface area contributed by atoms with Gasteiger partial charge in [0.15, 0.2) is 0 Å². The van der Waals surface area contributed by atoms with Crippen LogP contribution in [0.3, 0.4) is 0 Å². The molecule has 0 aliphatic rings. The van der Waals surface area contributed by atoms with E-state index in [9.17, 15) is 0 Å². The highest BCUT2D eigenvalue weighted by atomic mass is 14.0. The Bertz CT molecular complexity index is 125. The summed E-state index contributed by atoms with van der Waals surface area (Å²) in [6, 6.07) is 0. The molecule has 0 aliphatic heterocycles. The largest absolute Gasteiger partial charge is 0.103 e. The highest BCUT2D eigenvalue weighted by Crippen LogP contribution is 2.04. The van der Waals surface area contributed by atoms with Crippen molar-refractivity contribution in [1.29, 1.82) is 0 Å². The zero-order valence-electron chi connectivity index (χ0n) is 8.11. The van der Waals surface area contributed by atoms with Crippen molar-refractivity contribution in [2.45, 2.75) is 52.9 Å². The molecule has 0 saturated carbocycles. The first-order chi connectivity index (χ1) is 5.31. The minimum atomic E-state index is 0.782. The van der Waals surface area contributed by atoms with Gasteiger partial charge in [0.05, 0.1) is 0 Å². The summed E-state index contributed by atoms with van der Waals surface area (Å²) in [6.07, 6.45) is 5.95. The summed E-state index contributed by atoms with van der Waals surface area (Å²) in [7, 11) is 0. The Morgan fingerprint density at radius 1 is 1.18 bits per heavy atom. The van der Waals surface area contributed by atoms with Gasteiger partial charge in [-0.15, -0.1) is 11.8 Å². The standard InChI is InChI=1S/C11H20/c1-4-6-7-8-9-10-11(3)5-2/h11H,4-7,10H2,1-3H3. The average Bonchev–Trinajstić information content (AvgIpc) is 2.04. The lowest BCUT2D eigenvalue weighted by molar-refractivity contribution is 0.580. The average molecular weight is 152 g/mol. The van der Waals surface area contributed by atoms with Gasteiger partial charge in [-0.05, 0) is 12.3 Å². The minimum absolute atomic E-state index is 0.782. The van der Waals surface area contributed by atoms with Crippen LogP contribution in [-0.2, 0) is 0 Å². The van der Waals surface area contributed by atoms with E-state index < -0.39 is 0 Å². The fourth-order valence-corrected chi connectivity index (χ4v) is 0.744. The molecular formula is C11H20. The van der Waals surface area contributed by atoms with E-state index in [1.54, 1.807) is 0 Å². The fourth-order valence-electron chi connectivity index (χ4n) is 0.744. The zero-order valence-corrected chi connectivity index (χ0v) is 8.11. The van der Waals surface area contributed by atoms with Crippen molar-refractivity contribution < 1.29 is 0 Å². The molecule has 0 aromatic carbocycles. The summed E-state index contributed by atoms with van der Waals surface area (Å²) in [5, 5.41) is 0. The normalized spacial score (nSPS) is 11.9. The Balaban J connectivity index is 3.24. The van der Waals surface area contributed by atoms with Crippen LogP contribution >= 0.6 is 0 Å². The van der Waals surface area contributed by atoms with Crippen molar-refractivity contribution in [2.75, 3.05) is 0 Å². The first-order valence-corrected chi connectivity index (χ1v) is 4.77. The molecule has 0 amide bonds. The van der Waals surface area contributed by atoms with Crippen molar-refractivity contribution in [3.05, 3.63) is 0 Å². The van der Waals surface area contributed by atoms with Crippen LogP contribution in [0.4, 0.5) is 0 Å². The van der Waals surface area contributed by atoms with Crippen LogP contribution in [-0.4, -0.2) is 0 Å². The van der Waals surface area contributed by atoms with Crippen molar-refractivity contribution >= 4 is 0 Å². The molecule has 0 fully saturated rings. The highest BCUT2D eigenvalue weighted by Gasteiger charge is 1.92. The molecule has 0 heterocycles. The number of hydrogen-bond acceptors (Lipinski definition) is 0. The first-order valence-electron chi connectivity index (χ1n) is 4.77. The Morgan fingerprint density at radius 3 is 2.45 bits per heavy atom. The lowest BCUT2D eigenvalue weighted by Crippen LogP contribution is -1.87. The second-order valence-electron chi connectivity index (χ2n) is 3.17. The van der Waals surface area contributed by atoms with Crippen molar-refractivity contribution in [2.24, 2.45) is 5.92 Å². The van der Waals surface area contributed by atoms with E-state index >= 15 is 0 Å². The Morgan fingerprint density at radius 2 is 1.91 bits per heavy atom. The third kappa shape index (κ3) is 7.46. The minimum Gasteiger partial charge on any atom is -0.103 e. The van der Waals surface area contributed by atoms with Crippen LogP contribution in [0.1, 0.15) is 52.9 Å². The Hall–Kier alpha value is -0.440. The fraction of sp³-hybridized carbons (Fsp3) is 0.818. The van der Waals surface area contributed by atoms with Crippen molar-refractivity contribution in [3.63, 3.8) is 0 Å². The zero-order chi connectivity index (χ0) is 8.53. The molecule has 0 rings (SSSR count). The molecule has 11 heavy (non-hydrogen) atoms. The lowest BCUT2D eigenvalue weighted by Gasteiger charge is -1.99. The maximum atomic E-state index is 3.22. The van der Waals surface area contributed by atoms with E-state index in [4.69, 9.17) is 0 Å². The van der Waals surface area contributed by atoms with Crippen LogP contribution in [0.2, 0.25) is 0 Å². The first kappa shape index (κ1) is 10.6. The van der Waals surface area contributed by atoms with Gasteiger partial charge in [0.25, 0.3) is 0 Å². The van der Waals surface area contributed by atoms with Gasteiger partial charge in [0.2, 0.25) is 0 Å². The summed E-state index contributed by atoms with van der Waals surface area (Å²) in [4.78, 5) is 0. The molecule has 1 unspecified atom stereocenters. The Kier molecular flexibility index (Phi) is 7.36. The predicted molar refractivity (Wildman–Crippen MR) is 51.4 cm³/mol. The van der Waals surface area contributed by atoms with Crippen LogP contribution in [0.5, 0.6) is 0 Å². The molecule has 0 nitrogen and oxygen atoms in total. The van der Waals surface area contributed by atoms with E-state index in [1.807, 2.05) is 0 Å². The predicted octanol–water partition coefficient (Wildman–Crippen LogP) is 3.62. The SMILES string of the molecule is CCCCC#CCC(C)CC. The number of hydrogen-bond donors (Lipinski definition) is 0. The van der Waals surface area contributed by atoms with Gasteiger partial charge in [-0.25, -0.2) is 0 Å². The molecule has 1 atom stereocenters. The summed E-state index contributed by atoms with van der Waals surface area (Å²) in [5.74, 6) is 7.20. The van der Waals surface area contributed by atoms with Crippen LogP contribution in [0.15, 0.2) is 0 Å². The highest BCUT2D eigenvalue weighted by molar-refractivity contribution is 4.99. The molecule has 0 bridgehead atoms. The maximum Gasteiger partial charge on any atom is 0.0114 e. The molecule has 0 heteroatoms. The van der Waals surface area contributed by atoms with Crippen LogP contribution in [0.25, 0.3) is 0 Å².